The summed E-state index contributed by atoms with van der Waals surface area (Å²) < 4.78 is 26.9. The standard InChI is InChI=1S/C21H31N5O4S/c27-20(18-4-3-10-25(16-18)21(28)17-6-7-17)23-9-15-31(29,30)26-13-11-24(12-14-26)19-5-1-2-8-22-19/h1-2,5,8,17-18H,3-4,6-7,9-16H2,(H,23,27). The highest BCUT2D eigenvalue weighted by molar-refractivity contribution is 7.89. The third kappa shape index (κ3) is 5.54. The number of rotatable bonds is 7. The maximum atomic E-state index is 12.7. The van der Waals surface area contributed by atoms with Crippen LogP contribution in [0.1, 0.15) is 25.7 Å². The van der Waals surface area contributed by atoms with E-state index < -0.39 is 10.0 Å². The Labute approximate surface area is 183 Å². The van der Waals surface area contributed by atoms with Gasteiger partial charge in [0.15, 0.2) is 0 Å². The Morgan fingerprint density at radius 1 is 1.03 bits per heavy atom. The molecule has 2 aliphatic heterocycles. The van der Waals surface area contributed by atoms with Crippen molar-refractivity contribution < 1.29 is 18.0 Å². The molecular weight excluding hydrogens is 418 g/mol. The molecule has 1 aliphatic carbocycles. The van der Waals surface area contributed by atoms with Gasteiger partial charge in [0.1, 0.15) is 5.82 Å². The van der Waals surface area contributed by atoms with Gasteiger partial charge in [0.05, 0.1) is 11.7 Å². The van der Waals surface area contributed by atoms with Gasteiger partial charge in [-0.05, 0) is 37.8 Å². The number of hydrogen-bond acceptors (Lipinski definition) is 6. The molecule has 1 aromatic heterocycles. The first kappa shape index (κ1) is 22.0. The van der Waals surface area contributed by atoms with Gasteiger partial charge in [-0.2, -0.15) is 4.31 Å². The van der Waals surface area contributed by atoms with E-state index in [1.807, 2.05) is 23.1 Å². The number of nitrogens with one attached hydrogen (secondary N) is 1. The van der Waals surface area contributed by atoms with Gasteiger partial charge < -0.3 is 15.1 Å². The van der Waals surface area contributed by atoms with Gasteiger partial charge in [0, 0.05) is 57.9 Å². The second-order valence-electron chi connectivity index (χ2n) is 8.58. The summed E-state index contributed by atoms with van der Waals surface area (Å²) in [5.74, 6) is 0.674. The summed E-state index contributed by atoms with van der Waals surface area (Å²) in [4.78, 5) is 33.0. The minimum Gasteiger partial charge on any atom is -0.355 e. The first-order chi connectivity index (χ1) is 14.9. The van der Waals surface area contributed by atoms with Crippen LogP contribution in [-0.2, 0) is 19.6 Å². The van der Waals surface area contributed by atoms with Gasteiger partial charge in [-0.1, -0.05) is 6.07 Å². The van der Waals surface area contributed by atoms with Crippen LogP contribution in [-0.4, -0.2) is 86.0 Å². The lowest BCUT2D eigenvalue weighted by atomic mass is 9.97. The molecule has 3 aliphatic rings. The summed E-state index contributed by atoms with van der Waals surface area (Å²) in [6.07, 6.45) is 5.20. The number of carbonyl (C=O) groups is 2. The topological polar surface area (TPSA) is 103 Å². The average Bonchev–Trinajstić information content (AvgIpc) is 3.65. The molecule has 0 spiro atoms. The number of amides is 2. The van der Waals surface area contributed by atoms with E-state index in [0.29, 0.717) is 32.7 Å². The Balaban J connectivity index is 1.20. The fourth-order valence-corrected chi connectivity index (χ4v) is 5.63. The Bertz CT molecular complexity index is 882. The Kier molecular flexibility index (Phi) is 6.76. The molecule has 0 aromatic carbocycles. The van der Waals surface area contributed by atoms with Gasteiger partial charge in [0.2, 0.25) is 21.8 Å². The molecule has 4 rings (SSSR count). The molecule has 31 heavy (non-hydrogen) atoms. The highest BCUT2D eigenvalue weighted by atomic mass is 32.2. The number of hydrogen-bond donors (Lipinski definition) is 1. The number of likely N-dealkylation sites (tertiary alicyclic amines) is 1. The van der Waals surface area contributed by atoms with Crippen LogP contribution in [0.4, 0.5) is 5.82 Å². The summed E-state index contributed by atoms with van der Waals surface area (Å²) >= 11 is 0. The van der Waals surface area contributed by atoms with Crippen molar-refractivity contribution in [2.75, 3.05) is 56.5 Å². The highest BCUT2D eigenvalue weighted by Gasteiger charge is 2.36. The molecule has 1 N–H and O–H groups in total. The summed E-state index contributed by atoms with van der Waals surface area (Å²) in [5.41, 5.74) is 0. The van der Waals surface area contributed by atoms with E-state index in [4.69, 9.17) is 0 Å². The molecule has 1 saturated carbocycles. The Morgan fingerprint density at radius 2 is 1.81 bits per heavy atom. The largest absolute Gasteiger partial charge is 0.355 e. The predicted octanol–water partition coefficient (Wildman–Crippen LogP) is 0.298. The van der Waals surface area contributed by atoms with Gasteiger partial charge in [-0.3, -0.25) is 9.59 Å². The van der Waals surface area contributed by atoms with E-state index >= 15 is 0 Å². The maximum Gasteiger partial charge on any atom is 0.225 e. The molecule has 9 nitrogen and oxygen atoms in total. The number of anilines is 1. The molecule has 1 atom stereocenters. The van der Waals surface area contributed by atoms with Crippen LogP contribution in [0.5, 0.6) is 0 Å². The predicted molar refractivity (Wildman–Crippen MR) is 117 cm³/mol. The van der Waals surface area contributed by atoms with E-state index in [1.54, 1.807) is 6.20 Å². The zero-order valence-corrected chi connectivity index (χ0v) is 18.6. The minimum atomic E-state index is -3.44. The van der Waals surface area contributed by atoms with Gasteiger partial charge in [0.25, 0.3) is 0 Å². The average molecular weight is 450 g/mol. The van der Waals surface area contributed by atoms with Crippen LogP contribution < -0.4 is 10.2 Å². The van der Waals surface area contributed by atoms with Crippen molar-refractivity contribution >= 4 is 27.7 Å². The molecule has 170 valence electrons. The second kappa shape index (κ2) is 9.52. The smallest absolute Gasteiger partial charge is 0.225 e. The normalized spacial score (nSPS) is 22.9. The number of aromatic nitrogens is 1. The van der Waals surface area contributed by atoms with Crippen LogP contribution >= 0.6 is 0 Å². The number of piperidine rings is 1. The first-order valence-corrected chi connectivity index (χ1v) is 12.8. The molecule has 2 amide bonds. The van der Waals surface area contributed by atoms with Crippen molar-refractivity contribution in [1.82, 2.24) is 19.5 Å². The molecular formula is C21H31N5O4S. The minimum absolute atomic E-state index is 0.0920. The van der Waals surface area contributed by atoms with E-state index in [-0.39, 0.29) is 35.9 Å². The number of nitrogens with zero attached hydrogens (tertiary/aromatic N) is 4. The monoisotopic (exact) mass is 449 g/mol. The summed E-state index contributed by atoms with van der Waals surface area (Å²) in [7, 11) is -3.44. The lowest BCUT2D eigenvalue weighted by Crippen LogP contribution is -2.51. The van der Waals surface area contributed by atoms with Crippen molar-refractivity contribution in [3.63, 3.8) is 0 Å². The molecule has 1 aromatic rings. The maximum absolute atomic E-state index is 12.7. The van der Waals surface area contributed by atoms with Gasteiger partial charge in [-0.25, -0.2) is 13.4 Å². The van der Waals surface area contributed by atoms with Gasteiger partial charge >= 0.3 is 0 Å². The van der Waals surface area contributed by atoms with E-state index in [9.17, 15) is 18.0 Å². The first-order valence-electron chi connectivity index (χ1n) is 11.1. The molecule has 3 fully saturated rings. The molecule has 0 bridgehead atoms. The van der Waals surface area contributed by atoms with Crippen molar-refractivity contribution in [2.24, 2.45) is 11.8 Å². The molecule has 0 radical (unpaired) electrons. The van der Waals surface area contributed by atoms with Crippen LogP contribution in [0.2, 0.25) is 0 Å². The fourth-order valence-electron chi connectivity index (χ4n) is 4.29. The fraction of sp³-hybridized carbons (Fsp3) is 0.667. The molecule has 2 saturated heterocycles. The lowest BCUT2D eigenvalue weighted by molar-refractivity contribution is -0.136. The summed E-state index contributed by atoms with van der Waals surface area (Å²) in [6.45, 7) is 3.27. The molecule has 1 unspecified atom stereocenters. The summed E-state index contributed by atoms with van der Waals surface area (Å²) in [6, 6.07) is 5.69. The van der Waals surface area contributed by atoms with Crippen LogP contribution in [0.3, 0.4) is 0 Å². The molecule has 3 heterocycles. The summed E-state index contributed by atoms with van der Waals surface area (Å²) in [5, 5.41) is 2.78. The zero-order valence-electron chi connectivity index (χ0n) is 17.8. The van der Waals surface area contributed by atoms with E-state index in [2.05, 4.69) is 15.2 Å². The van der Waals surface area contributed by atoms with E-state index in [0.717, 1.165) is 38.0 Å². The zero-order chi connectivity index (χ0) is 21.8. The SMILES string of the molecule is O=C(NCCS(=O)(=O)N1CCN(c2ccccn2)CC1)C1CCCN(C(=O)C2CC2)C1. The third-order valence-electron chi connectivity index (χ3n) is 6.29. The Hall–Kier alpha value is -2.20. The van der Waals surface area contributed by atoms with Crippen molar-refractivity contribution in [3.8, 4) is 0 Å². The number of carbonyl (C=O) groups excluding carboxylic acids is 2. The Morgan fingerprint density at radius 3 is 2.48 bits per heavy atom. The highest BCUT2D eigenvalue weighted by Crippen LogP contribution is 2.32. The van der Waals surface area contributed by atoms with Crippen molar-refractivity contribution in [2.45, 2.75) is 25.7 Å². The number of sulfonamides is 1. The van der Waals surface area contributed by atoms with Crippen molar-refractivity contribution in [1.29, 1.82) is 0 Å². The van der Waals surface area contributed by atoms with E-state index in [1.165, 1.54) is 4.31 Å². The lowest BCUT2D eigenvalue weighted by Gasteiger charge is -2.34. The number of pyridine rings is 1. The van der Waals surface area contributed by atoms with Crippen LogP contribution in [0, 0.1) is 11.8 Å². The molecule has 10 heteroatoms. The van der Waals surface area contributed by atoms with Gasteiger partial charge in [-0.15, -0.1) is 0 Å². The second-order valence-corrected chi connectivity index (χ2v) is 10.7. The van der Waals surface area contributed by atoms with Crippen LogP contribution in [0.15, 0.2) is 24.4 Å². The quantitative estimate of drug-likeness (QED) is 0.642. The third-order valence-corrected chi connectivity index (χ3v) is 8.17. The van der Waals surface area contributed by atoms with Crippen LogP contribution in [0.25, 0.3) is 0 Å². The van der Waals surface area contributed by atoms with Crippen molar-refractivity contribution in [3.05, 3.63) is 24.4 Å². The number of piperazine rings is 1.